The van der Waals surface area contributed by atoms with Gasteiger partial charge >= 0.3 is 0 Å². The fraction of sp³-hybridized carbons (Fsp3) is 0.250. The van der Waals surface area contributed by atoms with E-state index in [4.69, 9.17) is 0 Å². The van der Waals surface area contributed by atoms with Gasteiger partial charge in [0.1, 0.15) is 5.82 Å². The van der Waals surface area contributed by atoms with Crippen LogP contribution >= 0.6 is 0 Å². The van der Waals surface area contributed by atoms with Crippen molar-refractivity contribution in [2.45, 2.75) is 18.8 Å². The highest BCUT2D eigenvalue weighted by atomic mass is 32.2. The molecule has 4 nitrogen and oxygen atoms in total. The Bertz CT molecular complexity index is 747. The van der Waals surface area contributed by atoms with Gasteiger partial charge in [0.25, 0.3) is 0 Å². The van der Waals surface area contributed by atoms with Crippen LogP contribution < -0.4 is 4.72 Å². The molecule has 0 aliphatic heterocycles. The monoisotopic (exact) mass is 323 g/mol. The Labute approximate surface area is 129 Å². The van der Waals surface area contributed by atoms with Crippen LogP contribution in [0, 0.1) is 12.7 Å². The van der Waals surface area contributed by atoms with E-state index in [2.05, 4.69) is 4.72 Å². The third kappa shape index (κ3) is 4.37. The second-order valence-electron chi connectivity index (χ2n) is 5.07. The number of rotatable bonds is 6. The molecule has 0 bridgehead atoms. The number of halogens is 1. The van der Waals surface area contributed by atoms with Gasteiger partial charge in [-0.3, -0.25) is 0 Å². The topological polar surface area (TPSA) is 66.4 Å². The Morgan fingerprint density at radius 1 is 1.14 bits per heavy atom. The first-order valence-electron chi connectivity index (χ1n) is 6.83. The molecule has 0 aliphatic rings. The highest BCUT2D eigenvalue weighted by Gasteiger charge is 2.17. The number of hydrogen-bond donors (Lipinski definition) is 2. The molecule has 0 aliphatic carbocycles. The summed E-state index contributed by atoms with van der Waals surface area (Å²) < 4.78 is 39.8. The fourth-order valence-corrected chi connectivity index (χ4v) is 3.31. The summed E-state index contributed by atoms with van der Waals surface area (Å²) in [6.07, 6.45) is -0.948. The summed E-state index contributed by atoms with van der Waals surface area (Å²) >= 11 is 0. The van der Waals surface area contributed by atoms with E-state index in [-0.39, 0.29) is 12.1 Å². The predicted octanol–water partition coefficient (Wildman–Crippen LogP) is 2.29. The second kappa shape index (κ2) is 7.00. The van der Waals surface area contributed by atoms with Gasteiger partial charge in [-0.25, -0.2) is 17.5 Å². The van der Waals surface area contributed by atoms with E-state index in [0.717, 1.165) is 5.56 Å². The van der Waals surface area contributed by atoms with Crippen LogP contribution in [-0.2, 0) is 15.8 Å². The lowest BCUT2D eigenvalue weighted by atomic mass is 10.0. The average molecular weight is 323 g/mol. The molecule has 0 heterocycles. The van der Waals surface area contributed by atoms with E-state index in [1.165, 1.54) is 18.2 Å². The van der Waals surface area contributed by atoms with E-state index in [9.17, 15) is 17.9 Å². The molecule has 0 unspecified atom stereocenters. The van der Waals surface area contributed by atoms with Crippen molar-refractivity contribution in [3.8, 4) is 0 Å². The lowest BCUT2D eigenvalue weighted by Crippen LogP contribution is -2.30. The lowest BCUT2D eigenvalue weighted by Gasteiger charge is -2.15. The summed E-state index contributed by atoms with van der Waals surface area (Å²) in [6, 6.07) is 12.9. The van der Waals surface area contributed by atoms with Gasteiger partial charge in [-0.15, -0.1) is 0 Å². The van der Waals surface area contributed by atoms with Crippen LogP contribution in [0.1, 0.15) is 22.8 Å². The smallest absolute Gasteiger partial charge is 0.215 e. The normalized spacial score (nSPS) is 13.0. The van der Waals surface area contributed by atoms with E-state index < -0.39 is 27.7 Å². The maximum absolute atomic E-state index is 13.5. The number of hydrogen-bond acceptors (Lipinski definition) is 3. The van der Waals surface area contributed by atoms with Crippen molar-refractivity contribution in [2.75, 3.05) is 6.54 Å². The van der Waals surface area contributed by atoms with Crippen LogP contribution in [0.3, 0.4) is 0 Å². The van der Waals surface area contributed by atoms with Crippen LogP contribution in [0.15, 0.2) is 48.5 Å². The third-order valence-corrected chi connectivity index (χ3v) is 4.64. The molecule has 0 fully saturated rings. The molecule has 118 valence electrons. The number of benzene rings is 2. The minimum Gasteiger partial charge on any atom is -0.387 e. The zero-order valence-electron chi connectivity index (χ0n) is 12.2. The first-order chi connectivity index (χ1) is 10.4. The molecule has 2 aromatic carbocycles. The van der Waals surface area contributed by atoms with Crippen molar-refractivity contribution in [1.82, 2.24) is 4.72 Å². The Morgan fingerprint density at radius 3 is 2.45 bits per heavy atom. The molecule has 6 heteroatoms. The van der Waals surface area contributed by atoms with Gasteiger partial charge in [-0.1, -0.05) is 42.5 Å². The molecule has 2 aromatic rings. The minimum absolute atomic E-state index is 0.0976. The maximum Gasteiger partial charge on any atom is 0.215 e. The number of aliphatic hydroxyl groups excluding tert-OH is 1. The lowest BCUT2D eigenvalue weighted by molar-refractivity contribution is 0.181. The van der Waals surface area contributed by atoms with E-state index in [1.54, 1.807) is 18.2 Å². The fourth-order valence-electron chi connectivity index (χ4n) is 2.15. The summed E-state index contributed by atoms with van der Waals surface area (Å²) in [4.78, 5) is 0. The third-order valence-electron chi connectivity index (χ3n) is 3.35. The van der Waals surface area contributed by atoms with Crippen LogP contribution in [0.25, 0.3) is 0 Å². The van der Waals surface area contributed by atoms with Gasteiger partial charge in [0, 0.05) is 12.1 Å². The molecule has 2 N–H and O–H groups in total. The van der Waals surface area contributed by atoms with Crippen LogP contribution in [0.5, 0.6) is 0 Å². The van der Waals surface area contributed by atoms with Crippen molar-refractivity contribution in [1.29, 1.82) is 0 Å². The average Bonchev–Trinajstić information content (AvgIpc) is 2.48. The minimum atomic E-state index is -3.72. The summed E-state index contributed by atoms with van der Waals surface area (Å²) in [7, 11) is -3.72. The molecular formula is C16H18FNO3S. The number of sulfonamides is 1. The molecule has 0 saturated heterocycles. The summed E-state index contributed by atoms with van der Waals surface area (Å²) in [5, 5.41) is 10.1. The van der Waals surface area contributed by atoms with Crippen LogP contribution in [0.2, 0.25) is 0 Å². The standard InChI is InChI=1S/C16H18FNO3S/c1-12-6-2-4-8-14(12)16(19)10-18-22(20,21)11-13-7-3-5-9-15(13)17/h2-9,16,18-19H,10-11H2,1H3/t16-/m0/s1. The Balaban J connectivity index is 2.01. The highest BCUT2D eigenvalue weighted by molar-refractivity contribution is 7.88. The Hall–Kier alpha value is -1.76. The predicted molar refractivity (Wildman–Crippen MR) is 83.2 cm³/mol. The van der Waals surface area contributed by atoms with Crippen LogP contribution in [0.4, 0.5) is 4.39 Å². The number of aliphatic hydroxyl groups is 1. The first kappa shape index (κ1) is 16.6. The molecule has 22 heavy (non-hydrogen) atoms. The quantitative estimate of drug-likeness (QED) is 0.857. The Morgan fingerprint density at radius 2 is 1.77 bits per heavy atom. The van der Waals surface area contributed by atoms with Crippen molar-refractivity contribution in [2.24, 2.45) is 0 Å². The van der Waals surface area contributed by atoms with E-state index >= 15 is 0 Å². The summed E-state index contributed by atoms with van der Waals surface area (Å²) in [5.41, 5.74) is 1.64. The molecule has 1 atom stereocenters. The zero-order valence-corrected chi connectivity index (χ0v) is 13.0. The van der Waals surface area contributed by atoms with Crippen molar-refractivity contribution in [3.05, 3.63) is 71.0 Å². The van der Waals surface area contributed by atoms with Gasteiger partial charge in [-0.05, 0) is 24.1 Å². The summed E-state index contributed by atoms with van der Waals surface area (Å²) in [5.74, 6) is -1.02. The van der Waals surface area contributed by atoms with Crippen molar-refractivity contribution in [3.63, 3.8) is 0 Å². The molecule has 0 spiro atoms. The van der Waals surface area contributed by atoms with Crippen LogP contribution in [-0.4, -0.2) is 20.1 Å². The largest absolute Gasteiger partial charge is 0.387 e. The molecule has 0 aromatic heterocycles. The highest BCUT2D eigenvalue weighted by Crippen LogP contribution is 2.17. The van der Waals surface area contributed by atoms with Gasteiger partial charge < -0.3 is 5.11 Å². The molecular weight excluding hydrogens is 305 g/mol. The van der Waals surface area contributed by atoms with Gasteiger partial charge in [-0.2, -0.15) is 0 Å². The SMILES string of the molecule is Cc1ccccc1[C@@H](O)CNS(=O)(=O)Cc1ccccc1F. The molecule has 0 saturated carbocycles. The number of aryl methyl sites for hydroxylation is 1. The van der Waals surface area contributed by atoms with Gasteiger partial charge in [0.2, 0.25) is 10.0 Å². The van der Waals surface area contributed by atoms with Crippen molar-refractivity contribution >= 4 is 10.0 Å². The second-order valence-corrected chi connectivity index (χ2v) is 6.88. The van der Waals surface area contributed by atoms with Gasteiger partial charge in [0.15, 0.2) is 0 Å². The van der Waals surface area contributed by atoms with Crippen molar-refractivity contribution < 1.29 is 17.9 Å². The van der Waals surface area contributed by atoms with E-state index in [1.807, 2.05) is 19.1 Å². The Kier molecular flexibility index (Phi) is 5.28. The molecule has 2 rings (SSSR count). The number of nitrogens with one attached hydrogen (secondary N) is 1. The molecule has 0 radical (unpaired) electrons. The van der Waals surface area contributed by atoms with E-state index in [0.29, 0.717) is 5.56 Å². The molecule has 0 amide bonds. The zero-order chi connectivity index (χ0) is 16.2. The maximum atomic E-state index is 13.5. The summed E-state index contributed by atoms with van der Waals surface area (Å²) in [6.45, 7) is 1.69. The first-order valence-corrected chi connectivity index (χ1v) is 8.48. The van der Waals surface area contributed by atoms with Gasteiger partial charge in [0.05, 0.1) is 11.9 Å².